The molecule has 0 atom stereocenters. The van der Waals surface area contributed by atoms with E-state index < -0.39 is 0 Å². The second kappa shape index (κ2) is 6.61. The van der Waals surface area contributed by atoms with E-state index in [1.54, 1.807) is 12.3 Å². The van der Waals surface area contributed by atoms with E-state index in [0.717, 1.165) is 22.5 Å². The molecule has 0 radical (unpaired) electrons. The number of rotatable bonds is 3. The SMILES string of the molecule is Cc1ccc(NC(=O)c2sc3nc(N)c(C#N)c(C(C)C)c3c2N)nc1. The van der Waals surface area contributed by atoms with E-state index in [1.165, 1.54) is 0 Å². The van der Waals surface area contributed by atoms with Crippen LogP contribution in [0.15, 0.2) is 18.3 Å². The van der Waals surface area contributed by atoms with Gasteiger partial charge >= 0.3 is 0 Å². The Labute approximate surface area is 154 Å². The molecular weight excluding hydrogens is 348 g/mol. The molecule has 0 unspecified atom stereocenters. The second-order valence-corrected chi connectivity index (χ2v) is 7.25. The third kappa shape index (κ3) is 2.93. The standard InChI is InChI=1S/C18H18N6OS/c1-8(2)12-10(6-19)16(21)24-18-13(12)14(20)15(26-18)17(25)23-11-5-4-9(3)7-22-11/h4-5,7-8H,20H2,1-3H3,(H2,21,24)(H,22,23,25). The lowest BCUT2D eigenvalue weighted by atomic mass is 9.95. The summed E-state index contributed by atoms with van der Waals surface area (Å²) in [7, 11) is 0. The van der Waals surface area contributed by atoms with Crippen molar-refractivity contribution in [3.05, 3.63) is 39.9 Å². The highest BCUT2D eigenvalue weighted by atomic mass is 32.1. The highest BCUT2D eigenvalue weighted by molar-refractivity contribution is 7.21. The van der Waals surface area contributed by atoms with Gasteiger partial charge in [0.05, 0.1) is 11.3 Å². The molecule has 0 fully saturated rings. The molecule has 0 aliphatic rings. The van der Waals surface area contributed by atoms with Crippen LogP contribution in [0.4, 0.5) is 17.3 Å². The number of nitrogens with two attached hydrogens (primary N) is 2. The van der Waals surface area contributed by atoms with Crippen LogP contribution < -0.4 is 16.8 Å². The molecule has 3 heterocycles. The van der Waals surface area contributed by atoms with Gasteiger partial charge in [-0.3, -0.25) is 4.79 Å². The van der Waals surface area contributed by atoms with Crippen molar-refractivity contribution >= 4 is 44.8 Å². The fraction of sp³-hybridized carbons (Fsp3) is 0.222. The van der Waals surface area contributed by atoms with Crippen LogP contribution in [-0.2, 0) is 0 Å². The van der Waals surface area contributed by atoms with Crippen LogP contribution in [0.3, 0.4) is 0 Å². The van der Waals surface area contributed by atoms with Crippen molar-refractivity contribution < 1.29 is 4.79 Å². The number of nitriles is 1. The van der Waals surface area contributed by atoms with Crippen LogP contribution in [-0.4, -0.2) is 15.9 Å². The number of nitrogens with one attached hydrogen (secondary N) is 1. The van der Waals surface area contributed by atoms with Gasteiger partial charge in [-0.05, 0) is 30.0 Å². The summed E-state index contributed by atoms with van der Waals surface area (Å²) >= 11 is 1.15. The Balaban J connectivity index is 2.12. The summed E-state index contributed by atoms with van der Waals surface area (Å²) in [6.07, 6.45) is 1.67. The van der Waals surface area contributed by atoms with E-state index in [4.69, 9.17) is 11.5 Å². The summed E-state index contributed by atoms with van der Waals surface area (Å²) in [5, 5.41) is 12.8. The fourth-order valence-electron chi connectivity index (χ4n) is 2.78. The smallest absolute Gasteiger partial charge is 0.269 e. The number of aromatic nitrogens is 2. The highest BCUT2D eigenvalue weighted by Crippen LogP contribution is 2.40. The van der Waals surface area contributed by atoms with Gasteiger partial charge in [0, 0.05) is 11.6 Å². The summed E-state index contributed by atoms with van der Waals surface area (Å²) in [5.74, 6) is 0.224. The van der Waals surface area contributed by atoms with E-state index in [9.17, 15) is 10.1 Å². The minimum absolute atomic E-state index is 0.00373. The number of hydrogen-bond acceptors (Lipinski definition) is 7. The molecule has 0 saturated carbocycles. The summed E-state index contributed by atoms with van der Waals surface area (Å²) in [5.41, 5.74) is 14.5. The summed E-state index contributed by atoms with van der Waals surface area (Å²) in [6, 6.07) is 5.68. The van der Waals surface area contributed by atoms with Gasteiger partial charge in [-0.2, -0.15) is 5.26 Å². The lowest BCUT2D eigenvalue weighted by molar-refractivity contribution is 0.103. The van der Waals surface area contributed by atoms with E-state index in [2.05, 4.69) is 21.4 Å². The van der Waals surface area contributed by atoms with Crippen molar-refractivity contribution in [2.24, 2.45) is 0 Å². The van der Waals surface area contributed by atoms with Gasteiger partial charge in [-0.25, -0.2) is 9.97 Å². The predicted octanol–water partition coefficient (Wildman–Crippen LogP) is 3.41. The summed E-state index contributed by atoms with van der Waals surface area (Å²) in [4.78, 5) is 22.0. The van der Waals surface area contributed by atoms with E-state index in [0.29, 0.717) is 32.2 Å². The number of pyridine rings is 2. The van der Waals surface area contributed by atoms with Crippen LogP contribution in [0.25, 0.3) is 10.2 Å². The second-order valence-electron chi connectivity index (χ2n) is 6.25. The summed E-state index contributed by atoms with van der Waals surface area (Å²) < 4.78 is 0. The maximum Gasteiger partial charge on any atom is 0.269 e. The van der Waals surface area contributed by atoms with Gasteiger partial charge in [0.1, 0.15) is 27.4 Å². The van der Waals surface area contributed by atoms with Crippen LogP contribution in [0, 0.1) is 18.3 Å². The number of thiophene rings is 1. The number of hydrogen-bond donors (Lipinski definition) is 3. The fourth-order valence-corrected chi connectivity index (χ4v) is 3.79. The molecule has 0 aromatic carbocycles. The van der Waals surface area contributed by atoms with Crippen molar-refractivity contribution in [3.8, 4) is 6.07 Å². The number of carbonyl (C=O) groups is 1. The molecule has 26 heavy (non-hydrogen) atoms. The average molecular weight is 366 g/mol. The third-order valence-corrected chi connectivity index (χ3v) is 5.09. The largest absolute Gasteiger partial charge is 0.397 e. The van der Waals surface area contributed by atoms with E-state index in [1.807, 2.05) is 26.8 Å². The maximum absolute atomic E-state index is 12.7. The Bertz CT molecular complexity index is 1050. The number of aryl methyl sites for hydroxylation is 1. The molecule has 0 saturated heterocycles. The molecule has 132 valence electrons. The monoisotopic (exact) mass is 366 g/mol. The lowest BCUT2D eigenvalue weighted by Gasteiger charge is -2.12. The van der Waals surface area contributed by atoms with Crippen molar-refractivity contribution in [3.63, 3.8) is 0 Å². The zero-order valence-corrected chi connectivity index (χ0v) is 15.4. The number of nitrogen functional groups attached to an aromatic ring is 2. The first-order valence-electron chi connectivity index (χ1n) is 7.99. The topological polar surface area (TPSA) is 131 Å². The summed E-state index contributed by atoms with van der Waals surface area (Å²) in [6.45, 7) is 5.81. The van der Waals surface area contributed by atoms with Crippen LogP contribution in [0.2, 0.25) is 0 Å². The molecule has 3 aromatic rings. The molecule has 0 aliphatic heterocycles. The van der Waals surface area contributed by atoms with Crippen molar-refractivity contribution in [1.29, 1.82) is 5.26 Å². The first kappa shape index (κ1) is 17.6. The Morgan fingerprint density at radius 1 is 1.35 bits per heavy atom. The van der Waals surface area contributed by atoms with Gasteiger partial charge in [0.15, 0.2) is 0 Å². The van der Waals surface area contributed by atoms with Crippen LogP contribution in [0.5, 0.6) is 0 Å². The number of amides is 1. The number of carbonyl (C=O) groups excluding carboxylic acids is 1. The van der Waals surface area contributed by atoms with Gasteiger partial charge in [-0.1, -0.05) is 19.9 Å². The normalized spacial score (nSPS) is 10.9. The predicted molar refractivity (Wildman–Crippen MR) is 104 cm³/mol. The number of anilines is 3. The van der Waals surface area contributed by atoms with E-state index in [-0.39, 0.29) is 17.6 Å². The molecule has 8 heteroatoms. The van der Waals surface area contributed by atoms with Gasteiger partial charge in [0.2, 0.25) is 0 Å². The molecule has 1 amide bonds. The first-order valence-corrected chi connectivity index (χ1v) is 8.80. The van der Waals surface area contributed by atoms with Crippen LogP contribution in [0.1, 0.15) is 46.1 Å². The Morgan fingerprint density at radius 2 is 2.08 bits per heavy atom. The molecule has 0 bridgehead atoms. The molecule has 0 aliphatic carbocycles. The Hall–Kier alpha value is -3.18. The minimum Gasteiger partial charge on any atom is -0.397 e. The van der Waals surface area contributed by atoms with Crippen LogP contribution >= 0.6 is 11.3 Å². The molecular formula is C18H18N6OS. The van der Waals surface area contributed by atoms with E-state index >= 15 is 0 Å². The number of nitrogens with zero attached hydrogens (tertiary/aromatic N) is 3. The molecule has 0 spiro atoms. The molecule has 7 nitrogen and oxygen atoms in total. The van der Waals surface area contributed by atoms with Gasteiger partial charge < -0.3 is 16.8 Å². The molecule has 5 N–H and O–H groups in total. The van der Waals surface area contributed by atoms with Crippen molar-refractivity contribution in [2.75, 3.05) is 16.8 Å². The zero-order valence-electron chi connectivity index (χ0n) is 14.6. The minimum atomic E-state index is -0.367. The Morgan fingerprint density at radius 3 is 2.65 bits per heavy atom. The van der Waals surface area contributed by atoms with Crippen molar-refractivity contribution in [1.82, 2.24) is 9.97 Å². The quantitative estimate of drug-likeness (QED) is 0.651. The lowest BCUT2D eigenvalue weighted by Crippen LogP contribution is -2.13. The van der Waals surface area contributed by atoms with Crippen molar-refractivity contribution in [2.45, 2.75) is 26.7 Å². The third-order valence-electron chi connectivity index (χ3n) is 3.99. The zero-order chi connectivity index (χ0) is 19.0. The highest BCUT2D eigenvalue weighted by Gasteiger charge is 2.24. The maximum atomic E-state index is 12.7. The van der Waals surface area contributed by atoms with Gasteiger partial charge in [0.25, 0.3) is 5.91 Å². The first-order chi connectivity index (χ1) is 12.3. The number of fused-ring (bicyclic) bond motifs is 1. The van der Waals surface area contributed by atoms with Gasteiger partial charge in [-0.15, -0.1) is 11.3 Å². The molecule has 3 aromatic heterocycles. The Kier molecular flexibility index (Phi) is 4.49. The molecule has 3 rings (SSSR count). The average Bonchev–Trinajstić information content (AvgIpc) is 2.91.